The molecule has 5 aromatic rings. The fourth-order valence-electron chi connectivity index (χ4n) is 7.39. The molecule has 2 fully saturated rings. The van der Waals surface area contributed by atoms with E-state index in [4.69, 9.17) is 24.3 Å². The lowest BCUT2D eigenvalue weighted by Gasteiger charge is -2.39. The third-order valence-electron chi connectivity index (χ3n) is 10.4. The van der Waals surface area contributed by atoms with Crippen molar-refractivity contribution < 1.29 is 19.0 Å². The number of hydrogen-bond donors (Lipinski definition) is 0. The first kappa shape index (κ1) is 35.5. The summed E-state index contributed by atoms with van der Waals surface area (Å²) in [7, 11) is 2.00. The maximum Gasteiger partial charge on any atom is 0.308 e. The molecule has 9 nitrogen and oxygen atoms in total. The van der Waals surface area contributed by atoms with Crippen LogP contribution in [0.15, 0.2) is 91.0 Å². The zero-order chi connectivity index (χ0) is 35.9. The molecule has 2 aromatic heterocycles. The molecular formula is C43H51N5O4. The van der Waals surface area contributed by atoms with Crippen molar-refractivity contribution in [3.05, 3.63) is 102 Å². The first-order chi connectivity index (χ1) is 25.4. The summed E-state index contributed by atoms with van der Waals surface area (Å²) in [5.41, 5.74) is 6.08. The van der Waals surface area contributed by atoms with Crippen LogP contribution in [-0.2, 0) is 29.8 Å². The van der Waals surface area contributed by atoms with Crippen LogP contribution in [0.3, 0.4) is 0 Å². The summed E-state index contributed by atoms with van der Waals surface area (Å²) in [4.78, 5) is 22.4. The number of nitrogens with zero attached hydrogens (tertiary/aromatic N) is 5. The summed E-state index contributed by atoms with van der Waals surface area (Å²) in [5, 5.41) is 6.05. The van der Waals surface area contributed by atoms with Crippen LogP contribution in [0, 0.1) is 17.8 Å². The topological polar surface area (TPSA) is 82.0 Å². The average Bonchev–Trinajstić information content (AvgIpc) is 3.51. The van der Waals surface area contributed by atoms with Gasteiger partial charge in [-0.1, -0.05) is 74.5 Å². The van der Waals surface area contributed by atoms with Crippen molar-refractivity contribution in [3.63, 3.8) is 0 Å². The Morgan fingerprint density at radius 1 is 0.808 bits per heavy atom. The Bertz CT molecular complexity index is 1910. The van der Waals surface area contributed by atoms with Crippen molar-refractivity contribution >= 4 is 22.6 Å². The van der Waals surface area contributed by atoms with Gasteiger partial charge in [0.05, 0.1) is 23.6 Å². The van der Waals surface area contributed by atoms with E-state index in [1.54, 1.807) is 0 Å². The average molecular weight is 702 g/mol. The molecule has 52 heavy (non-hydrogen) atoms. The molecule has 272 valence electrons. The van der Waals surface area contributed by atoms with Gasteiger partial charge in [-0.25, -0.2) is 0 Å². The van der Waals surface area contributed by atoms with Gasteiger partial charge in [-0.2, -0.15) is 10.1 Å². The molecule has 0 radical (unpaired) electrons. The lowest BCUT2D eigenvalue weighted by atomic mass is 9.81. The second-order valence-electron chi connectivity index (χ2n) is 14.8. The number of ether oxygens (including phenoxy) is 3. The maximum absolute atomic E-state index is 12.5. The molecule has 3 heterocycles. The van der Waals surface area contributed by atoms with E-state index in [-0.39, 0.29) is 11.9 Å². The molecule has 0 atom stereocenters. The molecule has 7 rings (SSSR count). The number of benzene rings is 3. The van der Waals surface area contributed by atoms with Crippen LogP contribution in [-0.4, -0.2) is 65.0 Å². The Hall–Kier alpha value is -4.89. The Morgan fingerprint density at radius 2 is 1.48 bits per heavy atom. The molecule has 1 aliphatic carbocycles. The van der Waals surface area contributed by atoms with E-state index < -0.39 is 0 Å². The van der Waals surface area contributed by atoms with Crippen LogP contribution in [0.2, 0.25) is 0 Å². The number of anilines is 1. The fraction of sp³-hybridized carbons (Fsp3) is 0.419. The van der Waals surface area contributed by atoms with Gasteiger partial charge in [-0.3, -0.25) is 14.4 Å². The molecule has 1 aliphatic heterocycles. The molecular weight excluding hydrogens is 651 g/mol. The van der Waals surface area contributed by atoms with Gasteiger partial charge in [0, 0.05) is 56.9 Å². The quantitative estimate of drug-likeness (QED) is 0.115. The zero-order valence-corrected chi connectivity index (χ0v) is 30.7. The Labute approximate surface area is 307 Å². The number of carbonyl (C=O) groups is 1. The molecule has 0 amide bonds. The first-order valence-electron chi connectivity index (χ1n) is 18.8. The van der Waals surface area contributed by atoms with Gasteiger partial charge in [-0.15, -0.1) is 0 Å². The summed E-state index contributed by atoms with van der Waals surface area (Å²) in [6, 6.07) is 30.8. The van der Waals surface area contributed by atoms with Crippen LogP contribution >= 0.6 is 0 Å². The summed E-state index contributed by atoms with van der Waals surface area (Å²) in [6.07, 6.45) is 4.13. The summed E-state index contributed by atoms with van der Waals surface area (Å²) >= 11 is 0. The molecule has 1 saturated heterocycles. The van der Waals surface area contributed by atoms with E-state index >= 15 is 0 Å². The monoisotopic (exact) mass is 701 g/mol. The highest BCUT2D eigenvalue weighted by Gasteiger charge is 2.29. The summed E-state index contributed by atoms with van der Waals surface area (Å²) < 4.78 is 19.9. The van der Waals surface area contributed by atoms with Gasteiger partial charge in [-0.05, 0) is 72.9 Å². The Kier molecular flexibility index (Phi) is 11.4. The minimum atomic E-state index is 0.00816. The number of fused-ring (bicyclic) bond motifs is 1. The molecule has 0 spiro atoms. The van der Waals surface area contributed by atoms with E-state index in [1.807, 2.05) is 84.5 Å². The van der Waals surface area contributed by atoms with Gasteiger partial charge in [0.1, 0.15) is 18.9 Å². The molecule has 0 unspecified atom stereocenters. The number of rotatable bonds is 13. The molecule has 9 heteroatoms. The van der Waals surface area contributed by atoms with Crippen LogP contribution in [0.25, 0.3) is 22.2 Å². The number of carbonyl (C=O) groups excluding carboxylic acids is 1. The van der Waals surface area contributed by atoms with Crippen molar-refractivity contribution in [2.75, 3.05) is 44.2 Å². The summed E-state index contributed by atoms with van der Waals surface area (Å²) in [6.45, 7) is 10.7. The Morgan fingerprint density at radius 3 is 2.15 bits per heavy atom. The van der Waals surface area contributed by atoms with E-state index in [2.05, 4.69) is 41.8 Å². The lowest BCUT2D eigenvalue weighted by Crippen LogP contribution is -2.48. The van der Waals surface area contributed by atoms with E-state index in [0.717, 1.165) is 91.7 Å². The van der Waals surface area contributed by atoms with Gasteiger partial charge >= 0.3 is 5.97 Å². The molecule has 0 N–H and O–H groups in total. The predicted octanol–water partition coefficient (Wildman–Crippen LogP) is 7.92. The molecule has 0 bridgehead atoms. The fourth-order valence-corrected chi connectivity index (χ4v) is 7.39. The Balaban J connectivity index is 1.01. The minimum Gasteiger partial charge on any atom is -0.473 e. The lowest BCUT2D eigenvalue weighted by molar-refractivity contribution is -0.151. The largest absolute Gasteiger partial charge is 0.473 e. The van der Waals surface area contributed by atoms with Crippen molar-refractivity contribution in [2.24, 2.45) is 24.8 Å². The van der Waals surface area contributed by atoms with Crippen LogP contribution in [0.1, 0.15) is 50.7 Å². The van der Waals surface area contributed by atoms with E-state index in [9.17, 15) is 4.79 Å². The first-order valence-corrected chi connectivity index (χ1v) is 18.8. The number of aromatic nitrogens is 3. The standard InChI is InChI=1S/C43H51N5O4/c1-31(2)28-52-43(49)35-16-14-32(15-17-35)27-47-22-24-48(25-23-47)36-18-19-37-39(26-36)46(3)45-41(37)38-20-21-40(50-29-33-10-6-4-7-11-33)44-42(38)51-30-34-12-8-5-9-13-34/h4-13,18-21,26,31-32,35H,14-17,22-25,27-30H2,1-3H3. The molecule has 2 aliphatic rings. The highest BCUT2D eigenvalue weighted by atomic mass is 16.5. The number of esters is 1. The number of aryl methyl sites for hydroxylation is 1. The van der Waals surface area contributed by atoms with E-state index in [0.29, 0.717) is 43.4 Å². The maximum atomic E-state index is 12.5. The highest BCUT2D eigenvalue weighted by Crippen LogP contribution is 2.37. The normalized spacial score (nSPS) is 18.1. The zero-order valence-electron chi connectivity index (χ0n) is 30.7. The molecule has 1 saturated carbocycles. The van der Waals surface area contributed by atoms with Gasteiger partial charge in [0.25, 0.3) is 0 Å². The van der Waals surface area contributed by atoms with Crippen LogP contribution in [0.4, 0.5) is 5.69 Å². The number of piperazine rings is 1. The second-order valence-corrected chi connectivity index (χ2v) is 14.8. The van der Waals surface area contributed by atoms with Crippen LogP contribution < -0.4 is 14.4 Å². The van der Waals surface area contributed by atoms with Crippen molar-refractivity contribution in [1.82, 2.24) is 19.7 Å². The predicted molar refractivity (Wildman–Crippen MR) is 205 cm³/mol. The van der Waals surface area contributed by atoms with Gasteiger partial charge < -0.3 is 19.1 Å². The van der Waals surface area contributed by atoms with Crippen molar-refractivity contribution in [1.29, 1.82) is 0 Å². The van der Waals surface area contributed by atoms with Crippen molar-refractivity contribution in [2.45, 2.75) is 52.7 Å². The highest BCUT2D eigenvalue weighted by molar-refractivity contribution is 5.96. The van der Waals surface area contributed by atoms with E-state index in [1.165, 1.54) is 5.69 Å². The second kappa shape index (κ2) is 16.6. The minimum absolute atomic E-state index is 0.00816. The van der Waals surface area contributed by atoms with Gasteiger partial charge in [0.2, 0.25) is 11.8 Å². The third-order valence-corrected chi connectivity index (χ3v) is 10.4. The van der Waals surface area contributed by atoms with Crippen LogP contribution in [0.5, 0.6) is 11.8 Å². The molecule has 3 aromatic carbocycles. The smallest absolute Gasteiger partial charge is 0.308 e. The third kappa shape index (κ3) is 8.76. The van der Waals surface area contributed by atoms with Gasteiger partial charge in [0.15, 0.2) is 0 Å². The van der Waals surface area contributed by atoms with Crippen molar-refractivity contribution in [3.8, 4) is 23.0 Å². The number of pyridine rings is 1. The summed E-state index contributed by atoms with van der Waals surface area (Å²) in [5.74, 6) is 2.13. The number of hydrogen-bond acceptors (Lipinski definition) is 8. The SMILES string of the molecule is CC(C)COC(=O)C1CCC(CN2CCN(c3ccc4c(-c5ccc(OCc6ccccc6)nc5OCc5ccccc5)nn(C)c4c3)CC2)CC1.